The second-order valence-electron chi connectivity index (χ2n) is 9.31. The van der Waals surface area contributed by atoms with E-state index in [1.54, 1.807) is 0 Å². The van der Waals surface area contributed by atoms with Gasteiger partial charge in [-0.05, 0) is 67.8 Å². The summed E-state index contributed by atoms with van der Waals surface area (Å²) in [4.78, 5) is 15.4. The van der Waals surface area contributed by atoms with Gasteiger partial charge in [0, 0.05) is 18.2 Å². The molecule has 0 radical (unpaired) electrons. The monoisotopic (exact) mass is 356 g/mol. The van der Waals surface area contributed by atoms with Gasteiger partial charge in [0.2, 0.25) is 0 Å². The first kappa shape index (κ1) is 19.4. The van der Waals surface area contributed by atoms with Gasteiger partial charge in [-0.1, -0.05) is 52.2 Å². The van der Waals surface area contributed by atoms with Gasteiger partial charge >= 0.3 is 0 Å². The molecule has 1 aliphatic carbocycles. The van der Waals surface area contributed by atoms with Crippen LogP contribution in [0.25, 0.3) is 0 Å². The number of carbonyl (C=O) groups excluding carboxylic acids is 1. The van der Waals surface area contributed by atoms with Gasteiger partial charge in [-0.15, -0.1) is 0 Å². The number of nitrogens with one attached hydrogen (secondary N) is 1. The summed E-state index contributed by atoms with van der Waals surface area (Å²) in [6.07, 6.45) is 8.99. The summed E-state index contributed by atoms with van der Waals surface area (Å²) in [6.45, 7) is 10.3. The molecule has 0 spiro atoms. The van der Waals surface area contributed by atoms with Crippen LogP contribution in [0.3, 0.4) is 0 Å². The predicted molar refractivity (Wildman–Crippen MR) is 109 cm³/mol. The summed E-state index contributed by atoms with van der Waals surface area (Å²) < 4.78 is 0. The van der Waals surface area contributed by atoms with Crippen LogP contribution in [0.5, 0.6) is 0 Å². The van der Waals surface area contributed by atoms with Crippen LogP contribution in [0.15, 0.2) is 24.3 Å². The highest BCUT2D eigenvalue weighted by molar-refractivity contribution is 5.94. The fourth-order valence-electron chi connectivity index (χ4n) is 4.46. The Hall–Kier alpha value is -1.35. The quantitative estimate of drug-likeness (QED) is 0.843. The molecule has 1 N–H and O–H groups in total. The van der Waals surface area contributed by atoms with Crippen LogP contribution in [-0.4, -0.2) is 36.5 Å². The number of hydrogen-bond acceptors (Lipinski definition) is 2. The molecule has 1 saturated heterocycles. The van der Waals surface area contributed by atoms with Crippen molar-refractivity contribution in [3.63, 3.8) is 0 Å². The molecule has 3 nitrogen and oxygen atoms in total. The topological polar surface area (TPSA) is 32.3 Å². The van der Waals surface area contributed by atoms with Gasteiger partial charge in [0.25, 0.3) is 5.91 Å². The average Bonchev–Trinajstić information content (AvgIpc) is 2.63. The number of hydrogen-bond donors (Lipinski definition) is 1. The largest absolute Gasteiger partial charge is 0.349 e. The van der Waals surface area contributed by atoms with Crippen molar-refractivity contribution in [3.8, 4) is 0 Å². The second-order valence-corrected chi connectivity index (χ2v) is 9.31. The van der Waals surface area contributed by atoms with Gasteiger partial charge in [-0.2, -0.15) is 0 Å². The lowest BCUT2D eigenvalue weighted by Crippen LogP contribution is -2.47. The molecule has 2 fully saturated rings. The van der Waals surface area contributed by atoms with Crippen molar-refractivity contribution in [3.05, 3.63) is 35.4 Å². The van der Waals surface area contributed by atoms with Crippen molar-refractivity contribution in [2.45, 2.75) is 77.2 Å². The zero-order chi connectivity index (χ0) is 18.6. The maximum Gasteiger partial charge on any atom is 0.251 e. The van der Waals surface area contributed by atoms with Crippen LogP contribution in [0.4, 0.5) is 0 Å². The Bertz CT molecular complexity index is 581. The Morgan fingerprint density at radius 1 is 1.00 bits per heavy atom. The standard InChI is InChI=1S/C23H36N2O/c1-23(2,3)20-13-11-18(12-14-20)22(26)24-21-10-6-5-9-19(21)17-25-15-7-4-8-16-25/h11-14,19,21H,4-10,15-17H2,1-3H3,(H,24,26)/t19-,21+/m0/s1. The molecular weight excluding hydrogens is 320 g/mol. The molecule has 2 atom stereocenters. The Morgan fingerprint density at radius 3 is 2.31 bits per heavy atom. The van der Waals surface area contributed by atoms with E-state index < -0.39 is 0 Å². The van der Waals surface area contributed by atoms with Gasteiger partial charge in [0.1, 0.15) is 0 Å². The minimum Gasteiger partial charge on any atom is -0.349 e. The van der Waals surface area contributed by atoms with E-state index in [0.717, 1.165) is 18.5 Å². The van der Waals surface area contributed by atoms with Gasteiger partial charge in [-0.3, -0.25) is 4.79 Å². The molecule has 2 aliphatic rings. The van der Waals surface area contributed by atoms with E-state index in [1.165, 1.54) is 57.2 Å². The lowest BCUT2D eigenvalue weighted by atomic mass is 9.83. The first-order chi connectivity index (χ1) is 12.4. The smallest absolute Gasteiger partial charge is 0.251 e. The van der Waals surface area contributed by atoms with Crippen molar-refractivity contribution >= 4 is 5.91 Å². The number of nitrogens with zero attached hydrogens (tertiary/aromatic N) is 1. The van der Waals surface area contributed by atoms with Gasteiger partial charge in [0.15, 0.2) is 0 Å². The van der Waals surface area contributed by atoms with Crippen LogP contribution in [-0.2, 0) is 5.41 Å². The molecule has 1 saturated carbocycles. The van der Waals surface area contributed by atoms with E-state index in [1.807, 2.05) is 12.1 Å². The van der Waals surface area contributed by atoms with E-state index in [9.17, 15) is 4.79 Å². The molecule has 1 heterocycles. The van der Waals surface area contributed by atoms with E-state index in [4.69, 9.17) is 0 Å². The van der Waals surface area contributed by atoms with Crippen molar-refractivity contribution in [2.75, 3.05) is 19.6 Å². The van der Waals surface area contributed by atoms with Crippen LogP contribution < -0.4 is 5.32 Å². The van der Waals surface area contributed by atoms with Gasteiger partial charge in [0.05, 0.1) is 0 Å². The zero-order valence-electron chi connectivity index (χ0n) is 16.9. The molecule has 26 heavy (non-hydrogen) atoms. The highest BCUT2D eigenvalue weighted by atomic mass is 16.1. The molecule has 3 heteroatoms. The highest BCUT2D eigenvalue weighted by Crippen LogP contribution is 2.27. The lowest BCUT2D eigenvalue weighted by Gasteiger charge is -2.37. The van der Waals surface area contributed by atoms with Crippen LogP contribution in [0, 0.1) is 5.92 Å². The third-order valence-corrected chi connectivity index (χ3v) is 6.18. The highest BCUT2D eigenvalue weighted by Gasteiger charge is 2.29. The Kier molecular flexibility index (Phi) is 6.39. The summed E-state index contributed by atoms with van der Waals surface area (Å²) in [7, 11) is 0. The first-order valence-corrected chi connectivity index (χ1v) is 10.6. The van der Waals surface area contributed by atoms with Crippen molar-refractivity contribution < 1.29 is 4.79 Å². The zero-order valence-corrected chi connectivity index (χ0v) is 16.9. The molecule has 0 aromatic heterocycles. The van der Waals surface area contributed by atoms with Gasteiger partial charge in [-0.25, -0.2) is 0 Å². The Balaban J connectivity index is 1.60. The summed E-state index contributed by atoms with van der Waals surface area (Å²) in [5, 5.41) is 3.37. The number of likely N-dealkylation sites (tertiary alicyclic amines) is 1. The van der Waals surface area contributed by atoms with Crippen LogP contribution in [0.1, 0.15) is 81.6 Å². The van der Waals surface area contributed by atoms with Gasteiger partial charge < -0.3 is 10.2 Å². The first-order valence-electron chi connectivity index (χ1n) is 10.6. The van der Waals surface area contributed by atoms with E-state index in [0.29, 0.717) is 12.0 Å². The van der Waals surface area contributed by atoms with Crippen LogP contribution >= 0.6 is 0 Å². The number of piperidine rings is 1. The van der Waals surface area contributed by atoms with Crippen molar-refractivity contribution in [1.29, 1.82) is 0 Å². The minimum atomic E-state index is 0.0982. The molecule has 0 unspecified atom stereocenters. The van der Waals surface area contributed by atoms with E-state index >= 15 is 0 Å². The maximum absolute atomic E-state index is 12.8. The number of rotatable bonds is 4. The number of benzene rings is 1. The normalized spacial score (nSPS) is 25.0. The van der Waals surface area contributed by atoms with E-state index in [2.05, 4.69) is 43.1 Å². The van der Waals surface area contributed by atoms with Crippen LogP contribution in [0.2, 0.25) is 0 Å². The molecular formula is C23H36N2O. The Labute approximate surface area is 159 Å². The van der Waals surface area contributed by atoms with E-state index in [-0.39, 0.29) is 11.3 Å². The summed E-state index contributed by atoms with van der Waals surface area (Å²) in [5.41, 5.74) is 2.19. The maximum atomic E-state index is 12.8. The summed E-state index contributed by atoms with van der Waals surface area (Å²) in [5.74, 6) is 0.709. The molecule has 3 rings (SSSR count). The fraction of sp³-hybridized carbons (Fsp3) is 0.696. The minimum absolute atomic E-state index is 0.0982. The predicted octanol–water partition coefficient (Wildman–Crippen LogP) is 4.76. The fourth-order valence-corrected chi connectivity index (χ4v) is 4.46. The molecule has 1 aromatic rings. The summed E-state index contributed by atoms with van der Waals surface area (Å²) in [6, 6.07) is 8.50. The number of amides is 1. The van der Waals surface area contributed by atoms with Crippen molar-refractivity contribution in [2.24, 2.45) is 5.92 Å². The lowest BCUT2D eigenvalue weighted by molar-refractivity contribution is 0.0877. The second kappa shape index (κ2) is 8.56. The average molecular weight is 357 g/mol. The molecule has 1 aromatic carbocycles. The third-order valence-electron chi connectivity index (χ3n) is 6.18. The van der Waals surface area contributed by atoms with Crippen molar-refractivity contribution in [1.82, 2.24) is 10.2 Å². The molecule has 1 amide bonds. The Morgan fingerprint density at radius 2 is 1.65 bits per heavy atom. The third kappa shape index (κ3) is 5.09. The summed E-state index contributed by atoms with van der Waals surface area (Å²) >= 11 is 0. The molecule has 144 valence electrons. The number of carbonyl (C=O) groups is 1. The SMILES string of the molecule is CC(C)(C)c1ccc(C(=O)N[C@@H]2CCCC[C@H]2CN2CCCCC2)cc1. The molecule has 0 bridgehead atoms. The molecule has 1 aliphatic heterocycles.